The highest BCUT2D eigenvalue weighted by atomic mass is 35.5. The molecule has 0 aliphatic carbocycles. The van der Waals surface area contributed by atoms with Crippen molar-refractivity contribution in [2.24, 2.45) is 7.05 Å². The number of thioether (sulfide) groups is 1. The van der Waals surface area contributed by atoms with Crippen molar-refractivity contribution in [1.29, 1.82) is 0 Å². The summed E-state index contributed by atoms with van der Waals surface area (Å²) in [6.07, 6.45) is 4.89. The van der Waals surface area contributed by atoms with Gasteiger partial charge in [0, 0.05) is 17.8 Å². The zero-order valence-electron chi connectivity index (χ0n) is 18.3. The minimum atomic E-state index is -0.886. The van der Waals surface area contributed by atoms with Gasteiger partial charge in [0.15, 0.2) is 16.3 Å². The molecule has 0 radical (unpaired) electrons. The molecular weight excluding hydrogens is 452 g/mol. The summed E-state index contributed by atoms with van der Waals surface area (Å²) in [5.41, 5.74) is -0.463. The first-order chi connectivity index (χ1) is 15.4. The summed E-state index contributed by atoms with van der Waals surface area (Å²) in [5.74, 6) is 1.43. The topological polar surface area (TPSA) is 102 Å². The summed E-state index contributed by atoms with van der Waals surface area (Å²) >= 11 is 7.41. The normalized spacial score (nSPS) is 12.4. The minimum Gasteiger partial charge on any atom is -0.491 e. The molecule has 2 aromatic heterocycles. The summed E-state index contributed by atoms with van der Waals surface area (Å²) in [5, 5.41) is 11.8. The maximum Gasteiger partial charge on any atom is 0.329 e. The van der Waals surface area contributed by atoms with Crippen LogP contribution >= 0.6 is 23.4 Å². The molecule has 0 saturated heterocycles. The van der Waals surface area contributed by atoms with Gasteiger partial charge in [-0.2, -0.15) is 0 Å². The van der Waals surface area contributed by atoms with E-state index in [0.717, 1.165) is 18.6 Å². The van der Waals surface area contributed by atoms with Gasteiger partial charge in [-0.3, -0.25) is 14.3 Å². The number of rotatable bonds is 12. The maximum atomic E-state index is 12.6. The third-order valence-corrected chi connectivity index (χ3v) is 6.42. The average Bonchev–Trinajstić information content (AvgIpc) is 3.13. The van der Waals surface area contributed by atoms with E-state index >= 15 is 0 Å². The monoisotopic (exact) mass is 480 g/mol. The SMILES string of the molecule is CCCCCCCSc1nc2c(c(=O)[nH]c(=O)n2C)n1CC(O)COc1ccc(Cl)cc1. The number of aliphatic hydroxyl groups is 1. The Morgan fingerprint density at radius 3 is 2.62 bits per heavy atom. The van der Waals surface area contributed by atoms with Gasteiger partial charge in [-0.05, 0) is 30.7 Å². The molecule has 10 heteroatoms. The summed E-state index contributed by atoms with van der Waals surface area (Å²) in [7, 11) is 1.57. The van der Waals surface area contributed by atoms with Crippen LogP contribution in [-0.2, 0) is 13.6 Å². The van der Waals surface area contributed by atoms with Gasteiger partial charge in [-0.1, -0.05) is 56.0 Å². The minimum absolute atomic E-state index is 0.0338. The quantitative estimate of drug-likeness (QED) is 0.303. The lowest BCUT2D eigenvalue weighted by molar-refractivity contribution is 0.0914. The molecule has 1 aromatic carbocycles. The van der Waals surface area contributed by atoms with Gasteiger partial charge < -0.3 is 14.4 Å². The molecule has 0 aliphatic heterocycles. The number of aliphatic hydroxyl groups excluding tert-OH is 1. The highest BCUT2D eigenvalue weighted by molar-refractivity contribution is 7.99. The van der Waals surface area contributed by atoms with Crippen molar-refractivity contribution < 1.29 is 9.84 Å². The standard InChI is InChI=1S/C22H29ClN4O4S/c1-3-4-5-6-7-12-32-22-24-19-18(20(29)25-21(30)26(19)2)27(22)13-16(28)14-31-17-10-8-15(23)9-11-17/h8-11,16,28H,3-7,12-14H2,1-2H3,(H,25,29,30). The van der Waals surface area contributed by atoms with Crippen molar-refractivity contribution in [2.75, 3.05) is 12.4 Å². The fraction of sp³-hybridized carbons (Fsp3) is 0.500. The number of halogens is 1. The van der Waals surface area contributed by atoms with Crippen LogP contribution in [-0.4, -0.2) is 42.7 Å². The first kappa shape index (κ1) is 24.4. The number of nitrogens with zero attached hydrogens (tertiary/aromatic N) is 3. The second-order valence-electron chi connectivity index (χ2n) is 7.68. The van der Waals surface area contributed by atoms with Crippen molar-refractivity contribution in [3.63, 3.8) is 0 Å². The number of aromatic amines is 1. The number of nitrogens with one attached hydrogen (secondary N) is 1. The van der Waals surface area contributed by atoms with Gasteiger partial charge in [0.25, 0.3) is 5.56 Å². The molecule has 1 atom stereocenters. The first-order valence-electron chi connectivity index (χ1n) is 10.8. The second kappa shape index (κ2) is 11.6. The largest absolute Gasteiger partial charge is 0.491 e. The van der Waals surface area contributed by atoms with E-state index in [-0.39, 0.29) is 18.7 Å². The number of benzene rings is 1. The Labute approximate surface area is 195 Å². The zero-order chi connectivity index (χ0) is 23.1. The number of aromatic nitrogens is 4. The Hall–Kier alpha value is -2.23. The first-order valence-corrected chi connectivity index (χ1v) is 12.2. The molecule has 174 valence electrons. The Balaban J connectivity index is 1.77. The molecule has 0 aliphatic rings. The highest BCUT2D eigenvalue weighted by Gasteiger charge is 2.20. The van der Waals surface area contributed by atoms with Crippen molar-refractivity contribution in [2.45, 2.75) is 56.8 Å². The zero-order valence-corrected chi connectivity index (χ0v) is 19.9. The molecule has 8 nitrogen and oxygen atoms in total. The van der Waals surface area contributed by atoms with Crippen LogP contribution < -0.4 is 16.0 Å². The number of H-pyrrole nitrogens is 1. The van der Waals surface area contributed by atoms with E-state index in [1.807, 2.05) is 0 Å². The van der Waals surface area contributed by atoms with E-state index in [9.17, 15) is 14.7 Å². The number of hydrogen-bond donors (Lipinski definition) is 2. The Kier molecular flexibility index (Phi) is 8.84. The van der Waals surface area contributed by atoms with E-state index in [1.54, 1.807) is 35.9 Å². The van der Waals surface area contributed by atoms with Crippen LogP contribution in [0.25, 0.3) is 11.2 Å². The van der Waals surface area contributed by atoms with Crippen molar-refractivity contribution in [3.8, 4) is 5.75 Å². The van der Waals surface area contributed by atoms with Crippen LogP contribution in [0, 0.1) is 0 Å². The second-order valence-corrected chi connectivity index (χ2v) is 9.18. The van der Waals surface area contributed by atoms with Crippen molar-refractivity contribution in [3.05, 3.63) is 50.1 Å². The molecule has 32 heavy (non-hydrogen) atoms. The highest BCUT2D eigenvalue weighted by Crippen LogP contribution is 2.24. The van der Waals surface area contributed by atoms with Crippen LogP contribution in [0.4, 0.5) is 0 Å². The molecule has 3 rings (SSSR count). The van der Waals surface area contributed by atoms with Crippen molar-refractivity contribution >= 4 is 34.5 Å². The number of imidazole rings is 1. The van der Waals surface area contributed by atoms with Crippen LogP contribution in [0.15, 0.2) is 39.0 Å². The fourth-order valence-corrected chi connectivity index (χ4v) is 4.48. The summed E-state index contributed by atoms with van der Waals surface area (Å²) in [4.78, 5) is 31.4. The Morgan fingerprint density at radius 1 is 1.19 bits per heavy atom. The van der Waals surface area contributed by atoms with Gasteiger partial charge >= 0.3 is 5.69 Å². The smallest absolute Gasteiger partial charge is 0.329 e. The van der Waals surface area contributed by atoms with Gasteiger partial charge in [0.1, 0.15) is 18.5 Å². The average molecular weight is 481 g/mol. The molecule has 0 spiro atoms. The third-order valence-electron chi connectivity index (χ3n) is 5.10. The number of aryl methyl sites for hydroxylation is 1. The maximum absolute atomic E-state index is 12.6. The van der Waals surface area contributed by atoms with Gasteiger partial charge in [0.05, 0.1) is 6.54 Å². The van der Waals surface area contributed by atoms with Crippen molar-refractivity contribution in [1.82, 2.24) is 19.1 Å². The third kappa shape index (κ3) is 6.17. The summed E-state index contributed by atoms with van der Waals surface area (Å²) in [6.45, 7) is 2.33. The van der Waals surface area contributed by atoms with E-state index in [0.29, 0.717) is 21.6 Å². The molecule has 2 heterocycles. The molecular formula is C22H29ClN4O4S. The lowest BCUT2D eigenvalue weighted by Crippen LogP contribution is -2.30. The van der Waals surface area contributed by atoms with Gasteiger partial charge in [-0.15, -0.1) is 0 Å². The molecule has 0 bridgehead atoms. The number of unbranched alkanes of at least 4 members (excludes halogenated alkanes) is 4. The van der Waals surface area contributed by atoms with E-state index in [4.69, 9.17) is 16.3 Å². The van der Waals surface area contributed by atoms with Crippen LogP contribution in [0.5, 0.6) is 5.75 Å². The fourth-order valence-electron chi connectivity index (χ4n) is 3.35. The van der Waals surface area contributed by atoms with Crippen LogP contribution in [0.2, 0.25) is 5.02 Å². The molecule has 0 amide bonds. The molecule has 2 N–H and O–H groups in total. The lowest BCUT2D eigenvalue weighted by Gasteiger charge is -2.15. The number of fused-ring (bicyclic) bond motifs is 1. The lowest BCUT2D eigenvalue weighted by atomic mass is 10.2. The predicted molar refractivity (Wildman–Crippen MR) is 128 cm³/mol. The van der Waals surface area contributed by atoms with E-state index in [1.165, 1.54) is 35.6 Å². The van der Waals surface area contributed by atoms with Crippen LogP contribution in [0.3, 0.4) is 0 Å². The number of ether oxygens (including phenoxy) is 1. The summed E-state index contributed by atoms with van der Waals surface area (Å²) < 4.78 is 8.64. The molecule has 3 aromatic rings. The Morgan fingerprint density at radius 2 is 1.91 bits per heavy atom. The molecule has 1 unspecified atom stereocenters. The predicted octanol–water partition coefficient (Wildman–Crippen LogP) is 3.58. The Bertz CT molecular complexity index is 1140. The van der Waals surface area contributed by atoms with E-state index < -0.39 is 17.4 Å². The van der Waals surface area contributed by atoms with Gasteiger partial charge in [0.2, 0.25) is 0 Å². The molecule has 0 saturated carbocycles. The number of hydrogen-bond acceptors (Lipinski definition) is 6. The van der Waals surface area contributed by atoms with Crippen LogP contribution in [0.1, 0.15) is 39.0 Å². The van der Waals surface area contributed by atoms with Gasteiger partial charge in [-0.25, -0.2) is 9.78 Å². The van der Waals surface area contributed by atoms with E-state index in [2.05, 4.69) is 16.9 Å². The molecule has 0 fully saturated rings. The summed E-state index contributed by atoms with van der Waals surface area (Å²) in [6, 6.07) is 6.87.